The zero-order valence-corrected chi connectivity index (χ0v) is 17.6. The van der Waals surface area contributed by atoms with E-state index in [9.17, 15) is 19.2 Å². The molecule has 0 aromatic heterocycles. The third kappa shape index (κ3) is 6.10. The van der Waals surface area contributed by atoms with Crippen LogP contribution < -0.4 is 14.8 Å². The van der Waals surface area contributed by atoms with Gasteiger partial charge < -0.3 is 19.5 Å². The largest absolute Gasteiger partial charge is 0.493 e. The number of methoxy groups -OCH3 is 2. The van der Waals surface area contributed by atoms with Crippen LogP contribution >= 0.6 is 0 Å². The van der Waals surface area contributed by atoms with Crippen LogP contribution in [-0.4, -0.2) is 49.8 Å². The van der Waals surface area contributed by atoms with Crippen LogP contribution in [0.2, 0.25) is 0 Å². The molecule has 0 unspecified atom stereocenters. The minimum absolute atomic E-state index is 0.0123. The van der Waals surface area contributed by atoms with E-state index >= 15 is 0 Å². The van der Waals surface area contributed by atoms with Crippen molar-refractivity contribution in [1.29, 1.82) is 0 Å². The maximum atomic E-state index is 12.6. The molecule has 0 atom stereocenters. The van der Waals surface area contributed by atoms with Crippen LogP contribution in [0.4, 0.5) is 5.69 Å². The van der Waals surface area contributed by atoms with Gasteiger partial charge in [0.1, 0.15) is 0 Å². The molecule has 1 N–H and O–H groups in total. The van der Waals surface area contributed by atoms with Gasteiger partial charge in [-0.25, -0.2) is 9.63 Å². The Kier molecular flexibility index (Phi) is 8.57. The fourth-order valence-corrected chi connectivity index (χ4v) is 2.48. The fourth-order valence-electron chi connectivity index (χ4n) is 2.48. The number of nitrogens with zero attached hydrogens (tertiary/aromatic N) is 1. The van der Waals surface area contributed by atoms with E-state index in [1.54, 1.807) is 24.1 Å². The fraction of sp³-hybridized carbons (Fsp3) is 0.130. The lowest BCUT2D eigenvalue weighted by atomic mass is 10.1. The van der Waals surface area contributed by atoms with Gasteiger partial charge in [0.25, 0.3) is 11.8 Å². The van der Waals surface area contributed by atoms with Crippen LogP contribution in [-0.2, 0) is 19.2 Å². The predicted octanol–water partition coefficient (Wildman–Crippen LogP) is 1.62. The number of anilines is 1. The standard InChI is InChI=1S/C23H18N2O8/c1-5-20(26)24-17-13-18(30-3)19(12-16(17)23(29)31-4)32-14-33-25(21(27)6-2)22(28)15-10-8-7-9-11-15/h1-2,7-13H,14H2,3-4H3,(H,24,26). The molecule has 0 radical (unpaired) electrons. The number of carbonyl (C=O) groups is 4. The molecule has 33 heavy (non-hydrogen) atoms. The number of nitrogens with one attached hydrogen (secondary N) is 1. The average molecular weight is 450 g/mol. The highest BCUT2D eigenvalue weighted by Gasteiger charge is 2.24. The quantitative estimate of drug-likeness (QED) is 0.279. The molecule has 2 aromatic carbocycles. The van der Waals surface area contributed by atoms with Crippen LogP contribution in [0, 0.1) is 24.7 Å². The van der Waals surface area contributed by atoms with E-state index in [4.69, 9.17) is 31.9 Å². The second kappa shape index (κ2) is 11.6. The molecule has 3 amide bonds. The van der Waals surface area contributed by atoms with Gasteiger partial charge in [-0.15, -0.1) is 17.9 Å². The number of amides is 3. The summed E-state index contributed by atoms with van der Waals surface area (Å²) in [6.45, 7) is -0.668. The third-order valence-electron chi connectivity index (χ3n) is 4.00. The summed E-state index contributed by atoms with van der Waals surface area (Å²) in [6, 6.07) is 10.3. The van der Waals surface area contributed by atoms with E-state index in [0.29, 0.717) is 5.06 Å². The summed E-state index contributed by atoms with van der Waals surface area (Å²) in [5, 5.41) is 2.71. The molecule has 0 heterocycles. The zero-order valence-electron chi connectivity index (χ0n) is 17.6. The molecule has 0 bridgehead atoms. The highest BCUT2D eigenvalue weighted by atomic mass is 16.8. The number of rotatable bonds is 8. The number of ether oxygens (including phenoxy) is 3. The summed E-state index contributed by atoms with van der Waals surface area (Å²) >= 11 is 0. The topological polar surface area (TPSA) is 120 Å². The van der Waals surface area contributed by atoms with Crippen LogP contribution in [0.3, 0.4) is 0 Å². The summed E-state index contributed by atoms with van der Waals surface area (Å²) in [5.74, 6) is 0.219. The van der Waals surface area contributed by atoms with E-state index in [1.807, 2.05) is 5.92 Å². The number of hydroxylamine groups is 2. The lowest BCUT2D eigenvalue weighted by Gasteiger charge is -2.19. The number of benzene rings is 2. The Morgan fingerprint density at radius 3 is 2.27 bits per heavy atom. The van der Waals surface area contributed by atoms with Gasteiger partial charge in [0, 0.05) is 17.7 Å². The number of terminal acetylenes is 2. The van der Waals surface area contributed by atoms with Gasteiger partial charge in [-0.2, -0.15) is 0 Å². The Bertz CT molecular complexity index is 1150. The van der Waals surface area contributed by atoms with Gasteiger partial charge in [0.2, 0.25) is 6.79 Å². The molecule has 10 heteroatoms. The number of imide groups is 1. The Balaban J connectivity index is 2.28. The van der Waals surface area contributed by atoms with E-state index in [2.05, 4.69) is 5.32 Å². The van der Waals surface area contributed by atoms with Gasteiger partial charge >= 0.3 is 11.9 Å². The predicted molar refractivity (Wildman–Crippen MR) is 115 cm³/mol. The van der Waals surface area contributed by atoms with Crippen molar-refractivity contribution in [3.8, 4) is 36.2 Å². The van der Waals surface area contributed by atoms with Crippen LogP contribution in [0.25, 0.3) is 0 Å². The third-order valence-corrected chi connectivity index (χ3v) is 4.00. The monoisotopic (exact) mass is 450 g/mol. The normalized spacial score (nSPS) is 9.58. The van der Waals surface area contributed by atoms with E-state index in [0.717, 1.165) is 7.11 Å². The number of esters is 1. The van der Waals surface area contributed by atoms with E-state index in [1.165, 1.54) is 31.4 Å². The van der Waals surface area contributed by atoms with Crippen molar-refractivity contribution in [2.75, 3.05) is 26.3 Å². The lowest BCUT2D eigenvalue weighted by molar-refractivity contribution is -0.182. The van der Waals surface area contributed by atoms with Crippen molar-refractivity contribution in [3.05, 3.63) is 53.6 Å². The summed E-state index contributed by atoms with van der Waals surface area (Å²) in [6.07, 6.45) is 10.2. The minimum atomic E-state index is -1.05. The highest BCUT2D eigenvalue weighted by Crippen LogP contribution is 2.34. The molecular weight excluding hydrogens is 432 g/mol. The molecule has 0 aliphatic carbocycles. The highest BCUT2D eigenvalue weighted by molar-refractivity contribution is 6.09. The zero-order chi connectivity index (χ0) is 24.4. The summed E-state index contributed by atoms with van der Waals surface area (Å²) < 4.78 is 15.3. The average Bonchev–Trinajstić information content (AvgIpc) is 2.85. The summed E-state index contributed by atoms with van der Waals surface area (Å²) in [4.78, 5) is 53.4. The number of carbonyl (C=O) groups excluding carboxylic acids is 4. The van der Waals surface area contributed by atoms with E-state index in [-0.39, 0.29) is 28.3 Å². The van der Waals surface area contributed by atoms with Gasteiger partial charge in [0.05, 0.1) is 25.5 Å². The van der Waals surface area contributed by atoms with Gasteiger partial charge in [-0.1, -0.05) is 18.2 Å². The van der Waals surface area contributed by atoms with E-state index < -0.39 is 30.5 Å². The van der Waals surface area contributed by atoms with Crippen molar-refractivity contribution in [2.45, 2.75) is 0 Å². The molecule has 0 saturated carbocycles. The van der Waals surface area contributed by atoms with Gasteiger partial charge in [0.15, 0.2) is 11.5 Å². The van der Waals surface area contributed by atoms with Crippen molar-refractivity contribution in [2.24, 2.45) is 0 Å². The maximum Gasteiger partial charge on any atom is 0.340 e. The first-order valence-electron chi connectivity index (χ1n) is 9.10. The Labute approximate surface area is 189 Å². The molecule has 0 saturated heterocycles. The molecule has 168 valence electrons. The Morgan fingerprint density at radius 2 is 1.70 bits per heavy atom. The van der Waals surface area contributed by atoms with Gasteiger partial charge in [-0.3, -0.25) is 14.4 Å². The first kappa shape index (κ1) is 24.5. The second-order valence-corrected chi connectivity index (χ2v) is 5.95. The first-order valence-corrected chi connectivity index (χ1v) is 9.10. The molecule has 2 aromatic rings. The molecule has 0 fully saturated rings. The lowest BCUT2D eigenvalue weighted by Crippen LogP contribution is -2.37. The molecular formula is C23H18N2O8. The molecule has 10 nitrogen and oxygen atoms in total. The Morgan fingerprint density at radius 1 is 1.00 bits per heavy atom. The van der Waals surface area contributed by atoms with Crippen molar-refractivity contribution in [3.63, 3.8) is 0 Å². The summed E-state index contributed by atoms with van der Waals surface area (Å²) in [7, 11) is 2.45. The molecule has 2 rings (SSSR count). The van der Waals surface area contributed by atoms with Crippen molar-refractivity contribution in [1.82, 2.24) is 5.06 Å². The number of hydrogen-bond acceptors (Lipinski definition) is 8. The summed E-state index contributed by atoms with van der Waals surface area (Å²) in [5.41, 5.74) is 0.0624. The Hall–Kier alpha value is -4.80. The minimum Gasteiger partial charge on any atom is -0.493 e. The first-order chi connectivity index (χ1) is 15.9. The smallest absolute Gasteiger partial charge is 0.340 e. The second-order valence-electron chi connectivity index (χ2n) is 5.95. The van der Waals surface area contributed by atoms with Crippen LogP contribution in [0.15, 0.2) is 42.5 Å². The maximum absolute atomic E-state index is 12.6. The van der Waals surface area contributed by atoms with Crippen molar-refractivity contribution >= 4 is 29.4 Å². The van der Waals surface area contributed by atoms with Crippen LogP contribution in [0.1, 0.15) is 20.7 Å². The SMILES string of the molecule is C#CC(=O)Nc1cc(OC)c(OCON(C(=O)C#C)C(=O)c2ccccc2)cc1C(=O)OC. The molecule has 0 spiro atoms. The molecule has 0 aliphatic heterocycles. The van der Waals surface area contributed by atoms with Crippen LogP contribution in [0.5, 0.6) is 11.5 Å². The number of hydrogen-bond donors (Lipinski definition) is 1. The molecule has 0 aliphatic rings. The van der Waals surface area contributed by atoms with Crippen molar-refractivity contribution < 1.29 is 38.2 Å². The van der Waals surface area contributed by atoms with Gasteiger partial charge in [-0.05, 0) is 24.0 Å².